The quantitative estimate of drug-likeness (QED) is 0.288. The van der Waals surface area contributed by atoms with E-state index in [-0.39, 0.29) is 18.5 Å². The van der Waals surface area contributed by atoms with Crippen LogP contribution in [0.15, 0.2) is 83.8 Å². The van der Waals surface area contributed by atoms with E-state index in [9.17, 15) is 9.59 Å². The zero-order chi connectivity index (χ0) is 23.5. The van der Waals surface area contributed by atoms with Gasteiger partial charge in [0.2, 0.25) is 0 Å². The van der Waals surface area contributed by atoms with Crippen LogP contribution in [0.2, 0.25) is 0 Å². The minimum Gasteiger partial charge on any atom is -0.484 e. The highest BCUT2D eigenvalue weighted by Crippen LogP contribution is 2.24. The first kappa shape index (κ1) is 24.4. The Balaban J connectivity index is 1.46. The number of ether oxygens (including phenoxy) is 2. The summed E-state index contributed by atoms with van der Waals surface area (Å²) in [6, 6.07) is 25.2. The third-order valence-corrected chi connectivity index (χ3v) is 6.25. The molecule has 5 nitrogen and oxygen atoms in total. The molecule has 0 N–H and O–H groups in total. The van der Waals surface area contributed by atoms with Gasteiger partial charge in [0.1, 0.15) is 5.75 Å². The fraction of sp³-hybridized carbons (Fsp3) is 0.259. The molecule has 33 heavy (non-hydrogen) atoms. The maximum atomic E-state index is 12.6. The summed E-state index contributed by atoms with van der Waals surface area (Å²) in [5, 5.41) is 0. The molecule has 0 aromatic heterocycles. The van der Waals surface area contributed by atoms with Crippen molar-refractivity contribution in [2.24, 2.45) is 0 Å². The van der Waals surface area contributed by atoms with Crippen molar-refractivity contribution in [3.05, 3.63) is 95.6 Å². The average molecular weight is 464 g/mol. The van der Waals surface area contributed by atoms with Crippen molar-refractivity contribution < 1.29 is 19.1 Å². The summed E-state index contributed by atoms with van der Waals surface area (Å²) < 4.78 is 10.6. The van der Waals surface area contributed by atoms with Crippen molar-refractivity contribution in [3.8, 4) is 5.75 Å². The number of esters is 1. The van der Waals surface area contributed by atoms with Crippen LogP contribution in [0.4, 0.5) is 0 Å². The standard InChI is InChI=1S/C27H29NO4S/c1-3-28(19-22-9-5-4-6-10-22)26(29)20-32-23-15-13-21(14-16-23)17-18-33-25-12-8-7-11-24(25)27(30)31-2/h4-16H,3,17-20H2,1-2H3. The van der Waals surface area contributed by atoms with Crippen LogP contribution in [0.3, 0.4) is 0 Å². The second-order valence-corrected chi connectivity index (χ2v) is 8.55. The van der Waals surface area contributed by atoms with Crippen LogP contribution in [-0.4, -0.2) is 42.8 Å². The van der Waals surface area contributed by atoms with E-state index in [1.165, 1.54) is 7.11 Å². The number of nitrogens with zero attached hydrogens (tertiary/aromatic N) is 1. The lowest BCUT2D eigenvalue weighted by Gasteiger charge is -2.21. The number of methoxy groups -OCH3 is 1. The largest absolute Gasteiger partial charge is 0.484 e. The van der Waals surface area contributed by atoms with Crippen LogP contribution in [-0.2, 0) is 22.5 Å². The first-order valence-corrected chi connectivity index (χ1v) is 11.9. The van der Waals surface area contributed by atoms with E-state index in [0.717, 1.165) is 28.2 Å². The van der Waals surface area contributed by atoms with Crippen LogP contribution in [0.5, 0.6) is 5.75 Å². The molecule has 0 heterocycles. The van der Waals surface area contributed by atoms with Crippen molar-refractivity contribution in [2.45, 2.75) is 24.8 Å². The predicted molar refractivity (Wildman–Crippen MR) is 132 cm³/mol. The summed E-state index contributed by atoms with van der Waals surface area (Å²) in [5.41, 5.74) is 2.85. The van der Waals surface area contributed by atoms with Gasteiger partial charge in [0, 0.05) is 23.7 Å². The number of hydrogen-bond donors (Lipinski definition) is 0. The fourth-order valence-electron chi connectivity index (χ4n) is 3.32. The molecular weight excluding hydrogens is 434 g/mol. The van der Waals surface area contributed by atoms with E-state index < -0.39 is 0 Å². The zero-order valence-corrected chi connectivity index (χ0v) is 19.8. The summed E-state index contributed by atoms with van der Waals surface area (Å²) in [6.45, 7) is 3.19. The van der Waals surface area contributed by atoms with E-state index >= 15 is 0 Å². The molecule has 0 atom stereocenters. The fourth-order valence-corrected chi connectivity index (χ4v) is 4.36. The van der Waals surface area contributed by atoms with E-state index in [1.807, 2.05) is 79.7 Å². The number of rotatable bonds is 11. The number of amides is 1. The molecule has 0 saturated heterocycles. The lowest BCUT2D eigenvalue weighted by Crippen LogP contribution is -2.34. The molecule has 3 aromatic rings. The van der Waals surface area contributed by atoms with E-state index in [4.69, 9.17) is 9.47 Å². The SMILES string of the molecule is CCN(Cc1ccccc1)C(=O)COc1ccc(CCSc2ccccc2C(=O)OC)cc1. The van der Waals surface area contributed by atoms with Gasteiger partial charge >= 0.3 is 5.97 Å². The molecule has 6 heteroatoms. The Morgan fingerprint density at radius 1 is 0.879 bits per heavy atom. The number of likely N-dealkylation sites (N-methyl/N-ethyl adjacent to an activating group) is 1. The van der Waals surface area contributed by atoms with Crippen molar-refractivity contribution in [2.75, 3.05) is 26.0 Å². The molecule has 0 spiro atoms. The van der Waals surface area contributed by atoms with Gasteiger partial charge < -0.3 is 14.4 Å². The molecule has 0 radical (unpaired) electrons. The lowest BCUT2D eigenvalue weighted by molar-refractivity contribution is -0.133. The number of aryl methyl sites for hydroxylation is 1. The summed E-state index contributed by atoms with van der Waals surface area (Å²) in [6.07, 6.45) is 0.847. The van der Waals surface area contributed by atoms with Gasteiger partial charge in [0.25, 0.3) is 5.91 Å². The Bertz CT molecular complexity index is 1040. The normalized spacial score (nSPS) is 10.5. The van der Waals surface area contributed by atoms with Gasteiger partial charge in [-0.3, -0.25) is 4.79 Å². The van der Waals surface area contributed by atoms with Crippen molar-refractivity contribution in [1.29, 1.82) is 0 Å². The Morgan fingerprint density at radius 2 is 1.58 bits per heavy atom. The van der Waals surface area contributed by atoms with Crippen LogP contribution in [0, 0.1) is 0 Å². The summed E-state index contributed by atoms with van der Waals surface area (Å²) in [5.74, 6) is 1.15. The second kappa shape index (κ2) is 12.7. The highest BCUT2D eigenvalue weighted by atomic mass is 32.2. The third-order valence-electron chi connectivity index (χ3n) is 5.18. The van der Waals surface area contributed by atoms with Gasteiger partial charge in [-0.1, -0.05) is 54.6 Å². The van der Waals surface area contributed by atoms with Gasteiger partial charge in [-0.05, 0) is 48.7 Å². The molecule has 0 bridgehead atoms. The molecule has 3 aromatic carbocycles. The molecular formula is C27H29NO4S. The van der Waals surface area contributed by atoms with Crippen LogP contribution < -0.4 is 4.74 Å². The van der Waals surface area contributed by atoms with Gasteiger partial charge in [0.05, 0.1) is 12.7 Å². The minimum absolute atomic E-state index is 0.0141. The molecule has 0 aliphatic carbocycles. The number of carbonyl (C=O) groups is 2. The van der Waals surface area contributed by atoms with Crippen molar-refractivity contribution in [3.63, 3.8) is 0 Å². The van der Waals surface area contributed by atoms with Gasteiger partial charge in [0.15, 0.2) is 6.61 Å². The van der Waals surface area contributed by atoms with Gasteiger partial charge in [-0.15, -0.1) is 11.8 Å². The summed E-state index contributed by atoms with van der Waals surface area (Å²) >= 11 is 1.63. The van der Waals surface area contributed by atoms with E-state index in [0.29, 0.717) is 24.4 Å². The van der Waals surface area contributed by atoms with E-state index in [1.54, 1.807) is 22.7 Å². The maximum absolute atomic E-state index is 12.6. The maximum Gasteiger partial charge on any atom is 0.338 e. The molecule has 0 aliphatic rings. The van der Waals surface area contributed by atoms with Crippen LogP contribution >= 0.6 is 11.8 Å². The van der Waals surface area contributed by atoms with Gasteiger partial charge in [-0.25, -0.2) is 4.79 Å². The highest BCUT2D eigenvalue weighted by molar-refractivity contribution is 7.99. The number of thioether (sulfide) groups is 1. The smallest absolute Gasteiger partial charge is 0.338 e. The summed E-state index contributed by atoms with van der Waals surface area (Å²) in [4.78, 5) is 27.1. The monoisotopic (exact) mass is 463 g/mol. The zero-order valence-electron chi connectivity index (χ0n) is 19.0. The van der Waals surface area contributed by atoms with Crippen LogP contribution in [0.25, 0.3) is 0 Å². The Morgan fingerprint density at radius 3 is 2.27 bits per heavy atom. The first-order chi connectivity index (χ1) is 16.1. The lowest BCUT2D eigenvalue weighted by atomic mass is 10.2. The Labute approximate surface area is 199 Å². The number of hydrogen-bond acceptors (Lipinski definition) is 5. The van der Waals surface area contributed by atoms with Crippen molar-refractivity contribution >= 4 is 23.6 Å². The van der Waals surface area contributed by atoms with Crippen LogP contribution in [0.1, 0.15) is 28.4 Å². The molecule has 1 amide bonds. The van der Waals surface area contributed by atoms with Gasteiger partial charge in [-0.2, -0.15) is 0 Å². The molecule has 0 unspecified atom stereocenters. The predicted octanol–water partition coefficient (Wildman–Crippen LogP) is 5.24. The average Bonchev–Trinajstić information content (AvgIpc) is 2.87. The highest BCUT2D eigenvalue weighted by Gasteiger charge is 2.13. The minimum atomic E-state index is -0.320. The summed E-state index contributed by atoms with van der Waals surface area (Å²) in [7, 11) is 1.39. The molecule has 0 saturated carbocycles. The molecule has 172 valence electrons. The second-order valence-electron chi connectivity index (χ2n) is 7.41. The molecule has 0 aliphatic heterocycles. The Kier molecular flexibility index (Phi) is 9.39. The van der Waals surface area contributed by atoms with Crippen molar-refractivity contribution in [1.82, 2.24) is 4.90 Å². The number of benzene rings is 3. The topological polar surface area (TPSA) is 55.8 Å². The molecule has 3 rings (SSSR count). The molecule has 0 fully saturated rings. The Hall–Kier alpha value is -3.25. The third kappa shape index (κ3) is 7.39. The first-order valence-electron chi connectivity index (χ1n) is 10.9. The number of carbonyl (C=O) groups excluding carboxylic acids is 2. The van der Waals surface area contributed by atoms with E-state index in [2.05, 4.69) is 0 Å².